The smallest absolute Gasteiger partial charge is 0.316 e. The molecule has 5 nitrogen and oxygen atoms in total. The molecule has 21 heavy (non-hydrogen) atoms. The molecule has 0 aliphatic rings. The number of anilines is 2. The van der Waals surface area contributed by atoms with Crippen LogP contribution in [0.2, 0.25) is 0 Å². The van der Waals surface area contributed by atoms with E-state index in [-0.39, 0.29) is 18.1 Å². The first-order chi connectivity index (χ1) is 10.0. The number of rotatable bonds is 4. The number of carbonyl (C=O) groups excluding carboxylic acids is 2. The van der Waals surface area contributed by atoms with Gasteiger partial charge in [-0.05, 0) is 35.9 Å². The molecule has 2 aromatic rings. The van der Waals surface area contributed by atoms with Crippen LogP contribution < -0.4 is 16.4 Å². The van der Waals surface area contributed by atoms with Gasteiger partial charge in [-0.15, -0.1) is 0 Å². The molecule has 0 radical (unpaired) electrons. The van der Waals surface area contributed by atoms with Crippen LogP contribution >= 0.6 is 0 Å². The lowest BCUT2D eigenvalue weighted by Gasteiger charge is -2.08. The highest BCUT2D eigenvalue weighted by atomic mass is 19.1. The van der Waals surface area contributed by atoms with E-state index < -0.39 is 6.03 Å². The van der Waals surface area contributed by atoms with E-state index in [1.54, 1.807) is 36.4 Å². The van der Waals surface area contributed by atoms with Gasteiger partial charge in [0.2, 0.25) is 5.91 Å². The first-order valence-electron chi connectivity index (χ1n) is 6.24. The third kappa shape index (κ3) is 4.61. The maximum atomic E-state index is 12.8. The largest absolute Gasteiger partial charge is 0.351 e. The number of hydrogen-bond acceptors (Lipinski definition) is 2. The molecule has 0 saturated heterocycles. The minimum atomic E-state index is -0.676. The molecule has 0 spiro atoms. The van der Waals surface area contributed by atoms with Gasteiger partial charge >= 0.3 is 6.03 Å². The summed E-state index contributed by atoms with van der Waals surface area (Å²) < 4.78 is 12.8. The fourth-order valence-electron chi connectivity index (χ4n) is 1.81. The van der Waals surface area contributed by atoms with Gasteiger partial charge in [0, 0.05) is 11.4 Å². The first-order valence-corrected chi connectivity index (χ1v) is 6.24. The van der Waals surface area contributed by atoms with Crippen molar-refractivity contribution >= 4 is 23.3 Å². The highest BCUT2D eigenvalue weighted by Crippen LogP contribution is 2.15. The molecular formula is C15H14FN3O2. The molecule has 0 aromatic heterocycles. The van der Waals surface area contributed by atoms with E-state index in [0.717, 1.165) is 0 Å². The number of nitrogens with one attached hydrogen (secondary N) is 2. The van der Waals surface area contributed by atoms with Crippen molar-refractivity contribution in [2.45, 2.75) is 6.42 Å². The van der Waals surface area contributed by atoms with Crippen molar-refractivity contribution < 1.29 is 14.0 Å². The van der Waals surface area contributed by atoms with Crippen LogP contribution in [0.4, 0.5) is 20.6 Å². The Hall–Kier alpha value is -2.89. The summed E-state index contributed by atoms with van der Waals surface area (Å²) in [5.74, 6) is -0.581. The number of benzene rings is 2. The molecule has 0 atom stereocenters. The molecule has 6 heteroatoms. The van der Waals surface area contributed by atoms with Crippen molar-refractivity contribution in [3.8, 4) is 0 Å². The maximum absolute atomic E-state index is 12.8. The normalized spacial score (nSPS) is 9.95. The molecule has 0 bridgehead atoms. The van der Waals surface area contributed by atoms with Crippen LogP contribution in [0.25, 0.3) is 0 Å². The molecule has 0 aliphatic heterocycles. The van der Waals surface area contributed by atoms with Crippen LogP contribution in [0.15, 0.2) is 48.5 Å². The summed E-state index contributed by atoms with van der Waals surface area (Å²) in [4.78, 5) is 22.6. The Labute approximate surface area is 121 Å². The molecule has 0 fully saturated rings. The van der Waals surface area contributed by atoms with Gasteiger partial charge in [-0.25, -0.2) is 9.18 Å². The van der Waals surface area contributed by atoms with E-state index in [1.807, 2.05) is 0 Å². The van der Waals surface area contributed by atoms with E-state index in [1.165, 1.54) is 12.1 Å². The fourth-order valence-corrected chi connectivity index (χ4v) is 1.81. The summed E-state index contributed by atoms with van der Waals surface area (Å²) in [7, 11) is 0. The SMILES string of the molecule is NC(=O)Nc1cccc(NC(=O)Cc2ccc(F)cc2)c1. The lowest BCUT2D eigenvalue weighted by molar-refractivity contribution is -0.115. The van der Waals surface area contributed by atoms with Crippen molar-refractivity contribution in [3.63, 3.8) is 0 Å². The topological polar surface area (TPSA) is 84.2 Å². The van der Waals surface area contributed by atoms with Crippen LogP contribution in [0, 0.1) is 5.82 Å². The van der Waals surface area contributed by atoms with Gasteiger partial charge in [0.25, 0.3) is 0 Å². The molecule has 2 aromatic carbocycles. The Morgan fingerprint density at radius 1 is 1.00 bits per heavy atom. The van der Waals surface area contributed by atoms with Crippen molar-refractivity contribution in [1.82, 2.24) is 0 Å². The lowest BCUT2D eigenvalue weighted by atomic mass is 10.1. The fraction of sp³-hybridized carbons (Fsp3) is 0.0667. The molecule has 0 heterocycles. The van der Waals surface area contributed by atoms with E-state index >= 15 is 0 Å². The number of nitrogens with two attached hydrogens (primary N) is 1. The summed E-state index contributed by atoms with van der Waals surface area (Å²) in [6.07, 6.45) is 0.133. The third-order valence-corrected chi connectivity index (χ3v) is 2.69. The summed E-state index contributed by atoms with van der Waals surface area (Å²) in [5.41, 5.74) is 6.75. The molecule has 0 unspecified atom stereocenters. The van der Waals surface area contributed by atoms with Crippen molar-refractivity contribution in [2.24, 2.45) is 5.73 Å². The van der Waals surface area contributed by atoms with Gasteiger partial charge in [-0.2, -0.15) is 0 Å². The zero-order valence-electron chi connectivity index (χ0n) is 11.1. The Morgan fingerprint density at radius 3 is 2.24 bits per heavy atom. The number of amides is 3. The van der Waals surface area contributed by atoms with Crippen LogP contribution in [-0.2, 0) is 11.2 Å². The molecule has 4 N–H and O–H groups in total. The molecule has 0 aliphatic carbocycles. The minimum absolute atomic E-state index is 0.133. The zero-order valence-corrected chi connectivity index (χ0v) is 11.1. The Morgan fingerprint density at radius 2 is 1.62 bits per heavy atom. The summed E-state index contributed by atoms with van der Waals surface area (Å²) in [6, 6.07) is 11.7. The van der Waals surface area contributed by atoms with Crippen LogP contribution in [-0.4, -0.2) is 11.9 Å². The molecule has 0 saturated carbocycles. The van der Waals surface area contributed by atoms with Gasteiger partial charge < -0.3 is 16.4 Å². The molecule has 108 valence electrons. The second-order valence-corrected chi connectivity index (χ2v) is 4.42. The van der Waals surface area contributed by atoms with Crippen molar-refractivity contribution in [1.29, 1.82) is 0 Å². The molecule has 2 rings (SSSR count). The van der Waals surface area contributed by atoms with Crippen LogP contribution in [0.1, 0.15) is 5.56 Å². The quantitative estimate of drug-likeness (QED) is 0.807. The lowest BCUT2D eigenvalue weighted by Crippen LogP contribution is -2.19. The van der Waals surface area contributed by atoms with Crippen molar-refractivity contribution in [2.75, 3.05) is 10.6 Å². The van der Waals surface area contributed by atoms with Gasteiger partial charge in [-0.1, -0.05) is 18.2 Å². The predicted octanol–water partition coefficient (Wildman–Crippen LogP) is 2.50. The second-order valence-electron chi connectivity index (χ2n) is 4.42. The number of hydrogen-bond donors (Lipinski definition) is 3. The number of halogens is 1. The Kier molecular flexibility index (Phi) is 4.50. The van der Waals surface area contributed by atoms with Gasteiger partial charge in [0.1, 0.15) is 5.82 Å². The van der Waals surface area contributed by atoms with Gasteiger partial charge in [0.15, 0.2) is 0 Å². The average Bonchev–Trinajstić information content (AvgIpc) is 2.41. The van der Waals surface area contributed by atoms with E-state index in [0.29, 0.717) is 16.9 Å². The third-order valence-electron chi connectivity index (χ3n) is 2.69. The first kappa shape index (κ1) is 14.5. The Bertz CT molecular complexity index is 656. The highest BCUT2D eigenvalue weighted by molar-refractivity contribution is 5.94. The average molecular weight is 287 g/mol. The number of urea groups is 1. The standard InChI is InChI=1S/C15H14FN3O2/c16-11-6-4-10(5-7-11)8-14(20)18-12-2-1-3-13(9-12)19-15(17)21/h1-7,9H,8H2,(H,18,20)(H3,17,19,21). The molecular weight excluding hydrogens is 273 g/mol. The van der Waals surface area contributed by atoms with E-state index in [9.17, 15) is 14.0 Å². The number of carbonyl (C=O) groups is 2. The monoisotopic (exact) mass is 287 g/mol. The minimum Gasteiger partial charge on any atom is -0.351 e. The second kappa shape index (κ2) is 6.51. The molecule has 3 amide bonds. The van der Waals surface area contributed by atoms with Crippen LogP contribution in [0.5, 0.6) is 0 Å². The summed E-state index contributed by atoms with van der Waals surface area (Å²) in [5, 5.41) is 5.11. The number of primary amides is 1. The van der Waals surface area contributed by atoms with Gasteiger partial charge in [-0.3, -0.25) is 4.79 Å². The van der Waals surface area contributed by atoms with Crippen molar-refractivity contribution in [3.05, 3.63) is 59.9 Å². The summed E-state index contributed by atoms with van der Waals surface area (Å²) in [6.45, 7) is 0. The van der Waals surface area contributed by atoms with Crippen LogP contribution in [0.3, 0.4) is 0 Å². The van der Waals surface area contributed by atoms with E-state index in [4.69, 9.17) is 5.73 Å². The van der Waals surface area contributed by atoms with E-state index in [2.05, 4.69) is 10.6 Å². The highest BCUT2D eigenvalue weighted by Gasteiger charge is 2.05. The maximum Gasteiger partial charge on any atom is 0.316 e. The zero-order chi connectivity index (χ0) is 15.2. The Balaban J connectivity index is 1.99. The summed E-state index contributed by atoms with van der Waals surface area (Å²) >= 11 is 0. The van der Waals surface area contributed by atoms with Gasteiger partial charge in [0.05, 0.1) is 6.42 Å². The predicted molar refractivity (Wildman–Crippen MR) is 78.4 cm³/mol.